The lowest BCUT2D eigenvalue weighted by Gasteiger charge is -2.18. The predicted octanol–water partition coefficient (Wildman–Crippen LogP) is 1.28. The highest BCUT2D eigenvalue weighted by Gasteiger charge is 2.37. The molecule has 2 amide bonds. The van der Waals surface area contributed by atoms with Crippen molar-refractivity contribution in [1.29, 1.82) is 10.5 Å². The fourth-order valence-electron chi connectivity index (χ4n) is 3.64. The van der Waals surface area contributed by atoms with Gasteiger partial charge in [0.15, 0.2) is 0 Å². The van der Waals surface area contributed by atoms with E-state index in [2.05, 4.69) is 28.1 Å². The van der Waals surface area contributed by atoms with Crippen LogP contribution in [0.1, 0.15) is 22.3 Å². The van der Waals surface area contributed by atoms with Crippen LogP contribution in [0.3, 0.4) is 0 Å². The summed E-state index contributed by atoms with van der Waals surface area (Å²) in [5.74, 6) is -1.02. The van der Waals surface area contributed by atoms with Gasteiger partial charge in [0.1, 0.15) is 0 Å². The molecule has 3 N–H and O–H groups in total. The number of hydrogen-bond donors (Lipinski definition) is 3. The van der Waals surface area contributed by atoms with Crippen LogP contribution in [0.2, 0.25) is 0 Å². The van der Waals surface area contributed by atoms with Crippen molar-refractivity contribution in [2.75, 3.05) is 26.2 Å². The molecular formula is C24H25N5O2. The first-order valence-electron chi connectivity index (χ1n) is 10.3. The van der Waals surface area contributed by atoms with E-state index in [0.717, 1.165) is 11.1 Å². The number of nitrogens with zero attached hydrogens (tertiary/aromatic N) is 2. The second kappa shape index (κ2) is 10.9. The summed E-state index contributed by atoms with van der Waals surface area (Å²) in [5.41, 5.74) is 3.30. The third kappa shape index (κ3) is 6.15. The van der Waals surface area contributed by atoms with E-state index in [4.69, 9.17) is 10.5 Å². The molecule has 1 aliphatic rings. The number of rotatable bonds is 8. The largest absolute Gasteiger partial charge is 0.355 e. The average Bonchev–Trinajstić information content (AvgIpc) is 3.30. The lowest BCUT2D eigenvalue weighted by atomic mass is 9.94. The minimum Gasteiger partial charge on any atom is -0.355 e. The smallest absolute Gasteiger partial charge is 0.225 e. The minimum atomic E-state index is -0.393. The standard InChI is InChI=1S/C24H25N5O2/c25-13-19-5-1-17(2-6-19)9-11-28-23(30)21-15-27-16-22(21)24(31)29-12-10-18-3-7-20(14-26)8-4-18/h1-8,21-22,27H,9-12,15-16H2,(H,28,30)(H,29,31)/t21-,22-/m1/s1. The molecule has 2 aromatic rings. The van der Waals surface area contributed by atoms with Crippen molar-refractivity contribution in [2.45, 2.75) is 12.8 Å². The Morgan fingerprint density at radius 3 is 1.52 bits per heavy atom. The Hall–Kier alpha value is -3.68. The zero-order chi connectivity index (χ0) is 22.1. The zero-order valence-electron chi connectivity index (χ0n) is 17.2. The maximum Gasteiger partial charge on any atom is 0.225 e. The van der Waals surface area contributed by atoms with Gasteiger partial charge < -0.3 is 16.0 Å². The summed E-state index contributed by atoms with van der Waals surface area (Å²) in [6.45, 7) is 1.93. The first-order valence-corrected chi connectivity index (χ1v) is 10.3. The number of amides is 2. The van der Waals surface area contributed by atoms with Crippen LogP contribution in [-0.4, -0.2) is 38.0 Å². The van der Waals surface area contributed by atoms with Gasteiger partial charge in [0.25, 0.3) is 0 Å². The fourth-order valence-corrected chi connectivity index (χ4v) is 3.64. The average molecular weight is 415 g/mol. The lowest BCUT2D eigenvalue weighted by molar-refractivity contribution is -0.132. The number of carbonyl (C=O) groups excluding carboxylic acids is 2. The van der Waals surface area contributed by atoms with E-state index in [1.807, 2.05) is 24.3 Å². The molecule has 1 aliphatic heterocycles. The molecule has 0 saturated carbocycles. The van der Waals surface area contributed by atoms with E-state index < -0.39 is 11.8 Å². The molecule has 0 bridgehead atoms. The summed E-state index contributed by atoms with van der Waals surface area (Å²) in [4.78, 5) is 25.2. The molecular weight excluding hydrogens is 390 g/mol. The minimum absolute atomic E-state index is 0.120. The normalized spacial score (nSPS) is 17.4. The molecule has 0 aromatic heterocycles. The van der Waals surface area contributed by atoms with Crippen molar-refractivity contribution in [3.05, 3.63) is 70.8 Å². The quantitative estimate of drug-likeness (QED) is 0.600. The van der Waals surface area contributed by atoms with E-state index in [-0.39, 0.29) is 11.8 Å². The van der Waals surface area contributed by atoms with E-state index in [1.165, 1.54) is 0 Å². The van der Waals surface area contributed by atoms with Crippen molar-refractivity contribution in [2.24, 2.45) is 11.8 Å². The highest BCUT2D eigenvalue weighted by Crippen LogP contribution is 2.17. The Balaban J connectivity index is 1.43. The maximum atomic E-state index is 12.6. The Morgan fingerprint density at radius 2 is 1.16 bits per heavy atom. The Kier molecular flexibility index (Phi) is 7.75. The van der Waals surface area contributed by atoms with E-state index in [1.54, 1.807) is 24.3 Å². The molecule has 1 saturated heterocycles. The SMILES string of the molecule is N#Cc1ccc(CCNC(=O)[C@@H]2CNC[C@H]2C(=O)NCCc2ccc(C#N)cc2)cc1. The van der Waals surface area contributed by atoms with E-state index >= 15 is 0 Å². The van der Waals surface area contributed by atoms with Gasteiger partial charge in [-0.05, 0) is 48.2 Å². The molecule has 0 spiro atoms. The molecule has 1 fully saturated rings. The zero-order valence-corrected chi connectivity index (χ0v) is 17.2. The fraction of sp³-hybridized carbons (Fsp3) is 0.333. The monoisotopic (exact) mass is 415 g/mol. The first kappa shape index (κ1) is 22.0. The summed E-state index contributed by atoms with van der Waals surface area (Å²) in [6.07, 6.45) is 1.33. The highest BCUT2D eigenvalue weighted by atomic mass is 16.2. The van der Waals surface area contributed by atoms with Gasteiger partial charge >= 0.3 is 0 Å². The number of benzene rings is 2. The van der Waals surface area contributed by atoms with Crippen LogP contribution in [0.4, 0.5) is 0 Å². The van der Waals surface area contributed by atoms with Crippen molar-refractivity contribution in [1.82, 2.24) is 16.0 Å². The molecule has 31 heavy (non-hydrogen) atoms. The molecule has 0 unspecified atom stereocenters. The highest BCUT2D eigenvalue weighted by molar-refractivity contribution is 5.88. The Labute approximate surface area is 182 Å². The van der Waals surface area contributed by atoms with Gasteiger partial charge in [-0.3, -0.25) is 9.59 Å². The molecule has 3 rings (SSSR count). The van der Waals surface area contributed by atoms with Crippen LogP contribution in [0.5, 0.6) is 0 Å². The molecule has 2 atom stereocenters. The summed E-state index contributed by atoms with van der Waals surface area (Å²) in [7, 11) is 0. The van der Waals surface area contributed by atoms with Crippen LogP contribution in [0.25, 0.3) is 0 Å². The summed E-state index contributed by atoms with van der Waals surface area (Å²) in [6, 6.07) is 18.7. The van der Waals surface area contributed by atoms with Gasteiger partial charge in [-0.2, -0.15) is 10.5 Å². The molecule has 158 valence electrons. The van der Waals surface area contributed by atoms with Crippen molar-refractivity contribution in [3.63, 3.8) is 0 Å². The van der Waals surface area contributed by atoms with Gasteiger partial charge in [-0.1, -0.05) is 24.3 Å². The van der Waals surface area contributed by atoms with Gasteiger partial charge in [0.05, 0.1) is 35.1 Å². The topological polar surface area (TPSA) is 118 Å². The molecule has 1 heterocycles. The van der Waals surface area contributed by atoms with Crippen molar-refractivity contribution < 1.29 is 9.59 Å². The van der Waals surface area contributed by atoms with E-state index in [0.29, 0.717) is 50.1 Å². The van der Waals surface area contributed by atoms with Crippen LogP contribution < -0.4 is 16.0 Å². The molecule has 0 radical (unpaired) electrons. The summed E-state index contributed by atoms with van der Waals surface area (Å²) >= 11 is 0. The molecule has 7 nitrogen and oxygen atoms in total. The van der Waals surface area contributed by atoms with Crippen molar-refractivity contribution in [3.8, 4) is 12.1 Å². The van der Waals surface area contributed by atoms with Crippen molar-refractivity contribution >= 4 is 11.8 Å². The maximum absolute atomic E-state index is 12.6. The predicted molar refractivity (Wildman–Crippen MR) is 116 cm³/mol. The lowest BCUT2D eigenvalue weighted by Crippen LogP contribution is -2.42. The summed E-state index contributed by atoms with van der Waals surface area (Å²) < 4.78 is 0. The van der Waals surface area contributed by atoms with Gasteiger partial charge in [0.2, 0.25) is 11.8 Å². The van der Waals surface area contributed by atoms with Gasteiger partial charge in [-0.25, -0.2) is 0 Å². The second-order valence-electron chi connectivity index (χ2n) is 7.57. The number of nitrogens with one attached hydrogen (secondary N) is 3. The van der Waals surface area contributed by atoms with E-state index in [9.17, 15) is 9.59 Å². The Morgan fingerprint density at radius 1 is 0.774 bits per heavy atom. The van der Waals surface area contributed by atoms with Crippen LogP contribution in [0.15, 0.2) is 48.5 Å². The van der Waals surface area contributed by atoms with Gasteiger partial charge in [-0.15, -0.1) is 0 Å². The number of hydrogen-bond acceptors (Lipinski definition) is 5. The molecule has 0 aliphatic carbocycles. The van der Waals surface area contributed by atoms with Crippen LogP contribution >= 0.6 is 0 Å². The Bertz CT molecular complexity index is 905. The molecule has 2 aromatic carbocycles. The van der Waals surface area contributed by atoms with Gasteiger partial charge in [0, 0.05) is 26.2 Å². The number of nitriles is 2. The van der Waals surface area contributed by atoms with Crippen LogP contribution in [-0.2, 0) is 22.4 Å². The summed E-state index contributed by atoms with van der Waals surface area (Å²) in [5, 5.41) is 26.7. The third-order valence-electron chi connectivity index (χ3n) is 5.48. The number of carbonyl (C=O) groups is 2. The third-order valence-corrected chi connectivity index (χ3v) is 5.48. The second-order valence-corrected chi connectivity index (χ2v) is 7.57. The molecule has 7 heteroatoms. The van der Waals surface area contributed by atoms with Crippen LogP contribution in [0, 0.1) is 34.5 Å². The first-order chi connectivity index (χ1) is 15.1.